The van der Waals surface area contributed by atoms with Crippen LogP contribution in [0.5, 0.6) is 11.5 Å². The molecule has 3 aromatic rings. The van der Waals surface area contributed by atoms with Gasteiger partial charge in [-0.1, -0.05) is 48.0 Å². The smallest absolute Gasteiger partial charge is 0.416 e. The quantitative estimate of drug-likeness (QED) is 0.294. The van der Waals surface area contributed by atoms with Crippen molar-refractivity contribution in [2.45, 2.75) is 44.9 Å². The molecule has 2 N–H and O–H groups in total. The molecular weight excluding hydrogens is 569 g/mol. The number of nitrogens with one attached hydrogen (secondary N) is 2. The lowest BCUT2D eigenvalue weighted by molar-refractivity contribution is -0.137. The van der Waals surface area contributed by atoms with Crippen LogP contribution >= 0.6 is 11.6 Å². The van der Waals surface area contributed by atoms with Crippen molar-refractivity contribution in [3.63, 3.8) is 0 Å². The fourth-order valence-corrected chi connectivity index (χ4v) is 5.49. The van der Waals surface area contributed by atoms with E-state index in [9.17, 15) is 22.8 Å². The van der Waals surface area contributed by atoms with E-state index in [1.807, 2.05) is 30.3 Å². The summed E-state index contributed by atoms with van der Waals surface area (Å²) >= 11 is 6.18. The van der Waals surface area contributed by atoms with Crippen LogP contribution in [0.2, 0.25) is 5.02 Å². The lowest BCUT2D eigenvalue weighted by atomic mass is 9.75. The summed E-state index contributed by atoms with van der Waals surface area (Å²) in [6, 6.07) is 17.6. The molecule has 1 amide bonds. The number of carbonyl (C=O) groups excluding carboxylic acids is 2. The highest BCUT2D eigenvalue weighted by Gasteiger charge is 2.39. The van der Waals surface area contributed by atoms with Gasteiger partial charge < -0.3 is 20.1 Å². The molecule has 0 bridgehead atoms. The van der Waals surface area contributed by atoms with Gasteiger partial charge in [-0.2, -0.15) is 13.2 Å². The molecule has 10 heteroatoms. The Morgan fingerprint density at radius 1 is 1.05 bits per heavy atom. The van der Waals surface area contributed by atoms with E-state index in [2.05, 4.69) is 10.6 Å². The lowest BCUT2D eigenvalue weighted by Crippen LogP contribution is -2.35. The Labute approximate surface area is 246 Å². The van der Waals surface area contributed by atoms with Crippen molar-refractivity contribution in [3.8, 4) is 11.5 Å². The van der Waals surface area contributed by atoms with Crippen LogP contribution in [-0.4, -0.2) is 18.8 Å². The highest BCUT2D eigenvalue weighted by molar-refractivity contribution is 6.34. The van der Waals surface area contributed by atoms with Crippen LogP contribution in [0.3, 0.4) is 0 Å². The maximum absolute atomic E-state index is 13.8. The first kappa shape index (κ1) is 29.3. The summed E-state index contributed by atoms with van der Waals surface area (Å²) in [6.45, 7) is 2.01. The van der Waals surface area contributed by atoms with Crippen LogP contribution in [0.15, 0.2) is 89.3 Å². The molecule has 218 valence electrons. The first-order chi connectivity index (χ1) is 20.1. The number of rotatable bonds is 7. The molecule has 0 aromatic heterocycles. The Kier molecular flexibility index (Phi) is 8.31. The van der Waals surface area contributed by atoms with Crippen LogP contribution in [-0.2, 0) is 22.4 Å². The summed E-state index contributed by atoms with van der Waals surface area (Å²) < 4.78 is 51.8. The van der Waals surface area contributed by atoms with Gasteiger partial charge in [0.1, 0.15) is 6.61 Å². The SMILES string of the molecule is COc1cc(C2C(C(=O)Nc3cc(C(F)(F)F)ccc3Cl)=C(C)NC3=C2C(=O)CCC3)ccc1OCc1ccccc1. The molecule has 1 heterocycles. The molecule has 2 aliphatic rings. The van der Waals surface area contributed by atoms with Crippen LogP contribution in [0.25, 0.3) is 0 Å². The topological polar surface area (TPSA) is 76.7 Å². The number of ketones is 1. The van der Waals surface area contributed by atoms with Crippen molar-refractivity contribution in [3.05, 3.63) is 111 Å². The Bertz CT molecular complexity index is 1600. The van der Waals surface area contributed by atoms with Crippen molar-refractivity contribution >= 4 is 29.0 Å². The largest absolute Gasteiger partial charge is 0.493 e. The molecule has 42 heavy (non-hydrogen) atoms. The number of carbonyl (C=O) groups is 2. The maximum atomic E-state index is 13.8. The summed E-state index contributed by atoms with van der Waals surface area (Å²) in [6.07, 6.45) is -3.01. The number of alkyl halides is 3. The first-order valence-corrected chi connectivity index (χ1v) is 13.7. The molecule has 1 unspecified atom stereocenters. The number of methoxy groups -OCH3 is 1. The molecule has 0 saturated heterocycles. The predicted molar refractivity (Wildman–Crippen MR) is 153 cm³/mol. The lowest BCUT2D eigenvalue weighted by Gasteiger charge is -2.34. The van der Waals surface area contributed by atoms with E-state index in [4.69, 9.17) is 21.1 Å². The van der Waals surface area contributed by atoms with Gasteiger partial charge in [-0.15, -0.1) is 0 Å². The summed E-state index contributed by atoms with van der Waals surface area (Å²) in [5, 5.41) is 5.70. The second-order valence-electron chi connectivity index (χ2n) is 10.1. The highest BCUT2D eigenvalue weighted by Crippen LogP contribution is 2.45. The summed E-state index contributed by atoms with van der Waals surface area (Å²) in [5.74, 6) is -0.696. The Morgan fingerprint density at radius 3 is 2.52 bits per heavy atom. The third-order valence-electron chi connectivity index (χ3n) is 7.32. The van der Waals surface area contributed by atoms with Gasteiger partial charge in [-0.3, -0.25) is 9.59 Å². The van der Waals surface area contributed by atoms with E-state index in [1.54, 1.807) is 25.1 Å². The maximum Gasteiger partial charge on any atom is 0.416 e. The second-order valence-corrected chi connectivity index (χ2v) is 10.5. The fraction of sp³-hybridized carbons (Fsp3) is 0.250. The van der Waals surface area contributed by atoms with Gasteiger partial charge in [0, 0.05) is 34.9 Å². The van der Waals surface area contributed by atoms with E-state index in [0.29, 0.717) is 54.2 Å². The third-order valence-corrected chi connectivity index (χ3v) is 7.65. The molecule has 1 aliphatic carbocycles. The zero-order chi connectivity index (χ0) is 30.0. The molecular formula is C32H28ClF3N2O4. The summed E-state index contributed by atoms with van der Waals surface area (Å²) in [5.41, 5.74) is 2.29. The van der Waals surface area contributed by atoms with Gasteiger partial charge in [0.05, 0.1) is 23.4 Å². The molecule has 3 aromatic carbocycles. The molecule has 1 atom stereocenters. The van der Waals surface area contributed by atoms with Gasteiger partial charge in [-0.05, 0) is 61.2 Å². The van der Waals surface area contributed by atoms with Gasteiger partial charge in [0.25, 0.3) is 5.91 Å². The average molecular weight is 597 g/mol. The monoisotopic (exact) mass is 596 g/mol. The Hall–Kier alpha value is -4.24. The number of Topliss-reactive ketones (excluding diaryl/α,β-unsaturated/α-hetero) is 1. The number of amides is 1. The number of halogens is 4. The van der Waals surface area contributed by atoms with Crippen LogP contribution in [0, 0.1) is 0 Å². The fourth-order valence-electron chi connectivity index (χ4n) is 5.32. The molecule has 6 nitrogen and oxygen atoms in total. The normalized spacial score (nSPS) is 17.0. The van der Waals surface area contributed by atoms with Crippen molar-refractivity contribution in [2.24, 2.45) is 0 Å². The first-order valence-electron chi connectivity index (χ1n) is 13.3. The van der Waals surface area contributed by atoms with E-state index in [1.165, 1.54) is 7.11 Å². The number of allylic oxidation sites excluding steroid dienone is 3. The Morgan fingerprint density at radius 2 is 1.81 bits per heavy atom. The van der Waals surface area contributed by atoms with Crippen molar-refractivity contribution in [1.82, 2.24) is 5.32 Å². The van der Waals surface area contributed by atoms with Gasteiger partial charge in [0.2, 0.25) is 0 Å². The summed E-state index contributed by atoms with van der Waals surface area (Å²) in [7, 11) is 1.50. The minimum Gasteiger partial charge on any atom is -0.493 e. The minimum absolute atomic E-state index is 0.0508. The van der Waals surface area contributed by atoms with Crippen LogP contribution in [0.1, 0.15) is 48.8 Å². The Balaban J connectivity index is 1.53. The number of hydrogen-bond donors (Lipinski definition) is 2. The van der Waals surface area contributed by atoms with Gasteiger partial charge in [0.15, 0.2) is 17.3 Å². The van der Waals surface area contributed by atoms with Gasteiger partial charge >= 0.3 is 6.18 Å². The predicted octanol–water partition coefficient (Wildman–Crippen LogP) is 7.55. The molecule has 0 saturated carbocycles. The van der Waals surface area contributed by atoms with Crippen LogP contribution < -0.4 is 20.1 Å². The van der Waals surface area contributed by atoms with Gasteiger partial charge in [-0.25, -0.2) is 0 Å². The number of ether oxygens (including phenoxy) is 2. The second kappa shape index (κ2) is 11.9. The summed E-state index contributed by atoms with van der Waals surface area (Å²) in [4.78, 5) is 27.1. The molecule has 5 rings (SSSR count). The minimum atomic E-state index is -4.62. The number of benzene rings is 3. The number of hydrogen-bond acceptors (Lipinski definition) is 5. The standard InChI is InChI=1S/C32H28ClF3N2O4/c1-18-28(31(40)38-24-16-21(32(34,35)36)12-13-22(24)33)29(30-23(37-18)9-6-10-25(30)39)20-11-14-26(27(15-20)41-2)42-17-19-7-4-3-5-8-19/h3-5,7-8,11-16,29,37H,6,9-10,17H2,1-2H3,(H,38,40). The number of anilines is 1. The molecule has 1 aliphatic heterocycles. The molecule has 0 spiro atoms. The molecule has 0 fully saturated rings. The van der Waals surface area contributed by atoms with Crippen molar-refractivity contribution in [1.29, 1.82) is 0 Å². The van der Waals surface area contributed by atoms with E-state index < -0.39 is 23.6 Å². The number of dihydropyridines is 1. The average Bonchev–Trinajstić information content (AvgIpc) is 2.96. The van der Waals surface area contributed by atoms with Crippen molar-refractivity contribution in [2.75, 3.05) is 12.4 Å². The third kappa shape index (κ3) is 6.01. The zero-order valence-corrected chi connectivity index (χ0v) is 23.7. The van der Waals surface area contributed by atoms with E-state index in [0.717, 1.165) is 29.5 Å². The zero-order valence-electron chi connectivity index (χ0n) is 22.9. The van der Waals surface area contributed by atoms with E-state index >= 15 is 0 Å². The van der Waals surface area contributed by atoms with E-state index in [-0.39, 0.29) is 22.1 Å². The van der Waals surface area contributed by atoms with Crippen LogP contribution in [0.4, 0.5) is 18.9 Å². The molecule has 0 radical (unpaired) electrons. The highest BCUT2D eigenvalue weighted by atomic mass is 35.5. The van der Waals surface area contributed by atoms with Crippen molar-refractivity contribution < 1.29 is 32.2 Å².